The molecule has 198 valence electrons. The van der Waals surface area contributed by atoms with Gasteiger partial charge in [0.15, 0.2) is 11.5 Å². The van der Waals surface area contributed by atoms with Crippen LogP contribution in [-0.4, -0.2) is 43.5 Å². The number of aromatic nitrogens is 5. The van der Waals surface area contributed by atoms with Crippen LogP contribution < -0.4 is 14.8 Å². The van der Waals surface area contributed by atoms with Crippen molar-refractivity contribution in [2.75, 3.05) is 18.2 Å². The summed E-state index contributed by atoms with van der Waals surface area (Å²) in [6.07, 6.45) is 0.264. The summed E-state index contributed by atoms with van der Waals surface area (Å²) in [5.74, 6) is 0.600. The van der Waals surface area contributed by atoms with Crippen LogP contribution in [0.1, 0.15) is 35.0 Å². The van der Waals surface area contributed by atoms with Gasteiger partial charge in [-0.15, -0.1) is 0 Å². The molecule has 2 N–H and O–H groups in total. The van der Waals surface area contributed by atoms with Gasteiger partial charge in [0.25, 0.3) is 5.91 Å². The van der Waals surface area contributed by atoms with Crippen LogP contribution in [0.5, 0.6) is 5.88 Å². The number of pyridine rings is 1. The van der Waals surface area contributed by atoms with Crippen LogP contribution in [0.25, 0.3) is 16.9 Å². The van der Waals surface area contributed by atoms with E-state index in [0.29, 0.717) is 16.8 Å². The Bertz CT molecular complexity index is 1440. The van der Waals surface area contributed by atoms with E-state index in [1.54, 1.807) is 0 Å². The number of amides is 1. The molecule has 0 spiro atoms. The summed E-state index contributed by atoms with van der Waals surface area (Å²) >= 11 is 1.25. The van der Waals surface area contributed by atoms with E-state index in [2.05, 4.69) is 30.1 Å². The van der Waals surface area contributed by atoms with Crippen molar-refractivity contribution in [2.45, 2.75) is 26.4 Å². The average Bonchev–Trinajstić information content (AvgIpc) is 3.40. The Morgan fingerprint density at radius 3 is 2.66 bits per heavy atom. The normalized spacial score (nSPS) is 11.3. The second-order valence-corrected chi connectivity index (χ2v) is 9.03. The van der Waals surface area contributed by atoms with Gasteiger partial charge < -0.3 is 10.1 Å². The van der Waals surface area contributed by atoms with Gasteiger partial charge in [0.2, 0.25) is 11.8 Å². The fourth-order valence-corrected chi connectivity index (χ4v) is 4.00. The summed E-state index contributed by atoms with van der Waals surface area (Å²) in [6, 6.07) is 9.85. The van der Waals surface area contributed by atoms with E-state index >= 15 is 0 Å². The molecule has 4 aromatic rings. The molecule has 0 aliphatic carbocycles. The third-order valence-corrected chi connectivity index (χ3v) is 6.15. The van der Waals surface area contributed by atoms with Crippen LogP contribution in [0.2, 0.25) is 0 Å². The molecule has 0 saturated heterocycles. The molecule has 0 unspecified atom stereocenters. The number of nitrogens with zero attached hydrogens (tertiary/aromatic N) is 5. The summed E-state index contributed by atoms with van der Waals surface area (Å²) in [4.78, 5) is 25.8. The molecule has 9 nitrogen and oxygen atoms in total. The van der Waals surface area contributed by atoms with Crippen molar-refractivity contribution in [2.24, 2.45) is 0 Å². The summed E-state index contributed by atoms with van der Waals surface area (Å²) < 4.78 is 48.9. The monoisotopic (exact) mass is 543 g/mol. The number of aryl methyl sites for hydroxylation is 1. The van der Waals surface area contributed by atoms with E-state index in [1.165, 1.54) is 37.5 Å². The van der Waals surface area contributed by atoms with E-state index in [-0.39, 0.29) is 23.2 Å². The third-order valence-electron chi connectivity index (χ3n) is 5.21. The van der Waals surface area contributed by atoms with Crippen LogP contribution >= 0.6 is 11.9 Å². The molecular weight excluding hydrogens is 519 g/mol. The number of halogens is 3. The number of alkyl halides is 3. The Balaban J connectivity index is 1.80. The lowest BCUT2D eigenvalue weighted by molar-refractivity contribution is -0.141. The van der Waals surface area contributed by atoms with Crippen molar-refractivity contribution in [1.82, 2.24) is 29.5 Å². The number of nitrogens with one attached hydrogen (secondary N) is 2. The highest BCUT2D eigenvalue weighted by Gasteiger charge is 2.34. The smallest absolute Gasteiger partial charge is 0.435 e. The van der Waals surface area contributed by atoms with Crippen molar-refractivity contribution in [3.05, 3.63) is 71.8 Å². The Kier molecular flexibility index (Phi) is 8.15. The van der Waals surface area contributed by atoms with Crippen LogP contribution in [0.15, 0.2) is 55.0 Å². The summed E-state index contributed by atoms with van der Waals surface area (Å²) in [5, 5.41) is 6.75. The Labute approximate surface area is 221 Å². The number of carbonyl (C=O) groups is 1. The van der Waals surface area contributed by atoms with E-state index in [1.807, 2.05) is 38.1 Å². The fraction of sp³-hybridized carbons (Fsp3) is 0.240. The molecule has 1 aromatic carbocycles. The molecule has 0 aliphatic rings. The Morgan fingerprint density at radius 2 is 1.97 bits per heavy atom. The van der Waals surface area contributed by atoms with E-state index in [9.17, 15) is 18.0 Å². The molecule has 0 fully saturated rings. The average molecular weight is 544 g/mol. The maximum absolute atomic E-state index is 13.3. The number of hydrogen-bond donors (Lipinski definition) is 2. The summed E-state index contributed by atoms with van der Waals surface area (Å²) in [6.45, 7) is 3.91. The van der Waals surface area contributed by atoms with Gasteiger partial charge in [-0.05, 0) is 43.2 Å². The number of carbonyl (C=O) groups excluding carboxylic acids is 1. The minimum Gasteiger partial charge on any atom is -0.480 e. The molecule has 0 atom stereocenters. The quantitative estimate of drug-likeness (QED) is 0.208. The lowest BCUT2D eigenvalue weighted by Crippen LogP contribution is -2.18. The highest BCUT2D eigenvalue weighted by Crippen LogP contribution is 2.32. The van der Waals surface area contributed by atoms with Crippen LogP contribution in [0, 0.1) is 6.92 Å². The highest BCUT2D eigenvalue weighted by molar-refractivity contribution is 7.97. The number of rotatable bonds is 9. The maximum Gasteiger partial charge on any atom is 0.435 e. The lowest BCUT2D eigenvalue weighted by atomic mass is 10.1. The molecule has 3 heterocycles. The van der Waals surface area contributed by atoms with Gasteiger partial charge in [0, 0.05) is 41.2 Å². The van der Waals surface area contributed by atoms with Crippen molar-refractivity contribution >= 4 is 29.5 Å². The number of benzene rings is 1. The number of anilines is 2. The standard InChI is InChI=1S/C25H24F3N7O2S/c1-4-10-38-34-22(36)18-12-16(13-29-23(18)37-3)19-14-30-24(31-17-7-5-6-15(2)11-17)32-21(19)35-9-8-20(33-35)25(26,27)28/h5-9,11-14H,4,10H2,1-3H3,(H,34,36)(H,30,31,32). The highest BCUT2D eigenvalue weighted by atomic mass is 32.2. The van der Waals surface area contributed by atoms with Crippen molar-refractivity contribution in [3.63, 3.8) is 0 Å². The minimum atomic E-state index is -4.63. The predicted molar refractivity (Wildman–Crippen MR) is 139 cm³/mol. The number of hydrogen-bond acceptors (Lipinski definition) is 8. The second-order valence-electron chi connectivity index (χ2n) is 8.13. The second kappa shape index (κ2) is 11.5. The molecule has 0 radical (unpaired) electrons. The van der Waals surface area contributed by atoms with Gasteiger partial charge >= 0.3 is 6.18 Å². The summed E-state index contributed by atoms with van der Waals surface area (Å²) in [5.41, 5.74) is 1.48. The number of ether oxygens (including phenoxy) is 1. The van der Waals surface area contributed by atoms with Gasteiger partial charge in [0.1, 0.15) is 5.56 Å². The minimum absolute atomic E-state index is 0.0596. The first-order valence-electron chi connectivity index (χ1n) is 11.5. The van der Waals surface area contributed by atoms with Gasteiger partial charge in [-0.3, -0.25) is 9.52 Å². The molecule has 0 saturated carbocycles. The van der Waals surface area contributed by atoms with E-state index in [4.69, 9.17) is 4.74 Å². The van der Waals surface area contributed by atoms with Crippen molar-refractivity contribution in [3.8, 4) is 22.8 Å². The first-order chi connectivity index (χ1) is 18.2. The zero-order chi connectivity index (χ0) is 27.3. The van der Waals surface area contributed by atoms with Crippen LogP contribution in [0.4, 0.5) is 24.8 Å². The molecule has 13 heteroatoms. The third kappa shape index (κ3) is 6.22. The zero-order valence-corrected chi connectivity index (χ0v) is 21.5. The van der Waals surface area contributed by atoms with Crippen molar-refractivity contribution < 1.29 is 22.7 Å². The van der Waals surface area contributed by atoms with Gasteiger partial charge in [-0.1, -0.05) is 31.0 Å². The van der Waals surface area contributed by atoms with Crippen LogP contribution in [0.3, 0.4) is 0 Å². The first-order valence-corrected chi connectivity index (χ1v) is 12.5. The molecule has 3 aromatic heterocycles. The Morgan fingerprint density at radius 1 is 1.16 bits per heavy atom. The van der Waals surface area contributed by atoms with Gasteiger partial charge in [0.05, 0.1) is 7.11 Å². The molecule has 0 aliphatic heterocycles. The summed E-state index contributed by atoms with van der Waals surface area (Å²) in [7, 11) is 1.39. The first kappa shape index (κ1) is 26.9. The SMILES string of the molecule is CCCSNC(=O)c1cc(-c2cnc(Nc3cccc(C)c3)nc2-n2ccc(C(F)(F)F)n2)cnc1OC. The largest absolute Gasteiger partial charge is 0.480 e. The van der Waals surface area contributed by atoms with Gasteiger partial charge in [-0.25, -0.2) is 14.6 Å². The predicted octanol–water partition coefficient (Wildman–Crippen LogP) is 5.59. The maximum atomic E-state index is 13.3. The topological polar surface area (TPSA) is 107 Å². The molecular formula is C25H24F3N7O2S. The Hall–Kier alpha value is -4.13. The lowest BCUT2D eigenvalue weighted by Gasteiger charge is -2.14. The van der Waals surface area contributed by atoms with Gasteiger partial charge in [-0.2, -0.15) is 23.3 Å². The molecule has 4 rings (SSSR count). The zero-order valence-electron chi connectivity index (χ0n) is 20.7. The molecule has 0 bridgehead atoms. The van der Waals surface area contributed by atoms with E-state index < -0.39 is 17.8 Å². The fourth-order valence-electron chi connectivity index (χ4n) is 3.45. The molecule has 1 amide bonds. The number of methoxy groups -OCH3 is 1. The molecule has 38 heavy (non-hydrogen) atoms. The van der Waals surface area contributed by atoms with Crippen LogP contribution in [-0.2, 0) is 6.18 Å². The van der Waals surface area contributed by atoms with E-state index in [0.717, 1.165) is 34.7 Å². The van der Waals surface area contributed by atoms with Crippen molar-refractivity contribution in [1.29, 1.82) is 0 Å².